The summed E-state index contributed by atoms with van der Waals surface area (Å²) in [5.74, 6) is -1.52. The third-order valence-corrected chi connectivity index (χ3v) is 5.91. The molecule has 188 valence electrons. The van der Waals surface area contributed by atoms with Gasteiger partial charge in [-0.15, -0.1) is 0 Å². The molecule has 3 N–H and O–H groups in total. The highest BCUT2D eigenvalue weighted by molar-refractivity contribution is 5.98. The summed E-state index contributed by atoms with van der Waals surface area (Å²) in [6.07, 6.45) is 0.523. The maximum absolute atomic E-state index is 12.9. The van der Waals surface area contributed by atoms with Gasteiger partial charge in [-0.1, -0.05) is 78.9 Å². The van der Waals surface area contributed by atoms with E-state index in [1.165, 1.54) is 11.6 Å². The molecule has 0 spiro atoms. The Morgan fingerprint density at radius 2 is 1.49 bits per heavy atom. The van der Waals surface area contributed by atoms with Gasteiger partial charge in [0.15, 0.2) is 12.3 Å². The summed E-state index contributed by atoms with van der Waals surface area (Å²) < 4.78 is 6.46. The monoisotopic (exact) mass is 498 g/mol. The Hall–Kier alpha value is -4.92. The molecular weight excluding hydrogens is 472 g/mol. The fourth-order valence-corrected chi connectivity index (χ4v) is 3.94. The average Bonchev–Trinajstić information content (AvgIpc) is 2.90. The van der Waals surface area contributed by atoms with Crippen LogP contribution in [0.3, 0.4) is 0 Å². The van der Waals surface area contributed by atoms with Crippen LogP contribution in [0.15, 0.2) is 94.5 Å². The van der Waals surface area contributed by atoms with Crippen LogP contribution in [-0.4, -0.2) is 35.1 Å². The summed E-state index contributed by atoms with van der Waals surface area (Å²) in [5.41, 5.74) is 7.34. The van der Waals surface area contributed by atoms with E-state index in [-0.39, 0.29) is 18.1 Å². The van der Waals surface area contributed by atoms with Crippen LogP contribution in [-0.2, 0) is 22.5 Å². The van der Waals surface area contributed by atoms with Crippen LogP contribution in [0, 0.1) is 0 Å². The molecule has 4 rings (SSSR count). The molecule has 1 aromatic heterocycles. The summed E-state index contributed by atoms with van der Waals surface area (Å²) in [4.78, 5) is 53.8. The van der Waals surface area contributed by atoms with Gasteiger partial charge in [0.05, 0.1) is 12.1 Å². The van der Waals surface area contributed by atoms with Crippen molar-refractivity contribution in [3.8, 4) is 0 Å². The zero-order chi connectivity index (χ0) is 26.4. The topological polar surface area (TPSA) is 127 Å². The molecule has 0 radical (unpaired) electrons. The number of nitrogens with two attached hydrogens (primary N) is 1. The molecule has 0 saturated heterocycles. The normalized spacial score (nSPS) is 10.6. The number of ether oxygens (including phenoxy) is 1. The minimum atomic E-state index is -0.817. The summed E-state index contributed by atoms with van der Waals surface area (Å²) in [7, 11) is 1.33. The number of amides is 1. The van der Waals surface area contributed by atoms with Crippen molar-refractivity contribution in [2.75, 3.05) is 24.3 Å². The summed E-state index contributed by atoms with van der Waals surface area (Å²) in [5, 5.41) is 0. The molecule has 0 unspecified atom stereocenters. The van der Waals surface area contributed by atoms with Crippen molar-refractivity contribution in [1.29, 1.82) is 0 Å². The van der Waals surface area contributed by atoms with Crippen molar-refractivity contribution in [1.82, 2.24) is 9.55 Å². The van der Waals surface area contributed by atoms with E-state index in [2.05, 4.69) is 4.98 Å². The second-order valence-corrected chi connectivity index (χ2v) is 8.41. The Bertz CT molecular complexity index is 1530. The number of nitrogens with one attached hydrogen (secondary N) is 1. The van der Waals surface area contributed by atoms with Gasteiger partial charge in [0.2, 0.25) is 0 Å². The number of nitrogen functional groups attached to an aromatic ring is 1. The van der Waals surface area contributed by atoms with Gasteiger partial charge in [0.1, 0.15) is 5.82 Å². The highest BCUT2D eigenvalue weighted by Crippen LogP contribution is 2.18. The standard InChI is InChI=1S/C28H26N4O5/c1-31(24-25(29)32(28(36)30-26(24)34)17-20-12-6-3-7-13-20)23(33)18-37-27(35)22-15-9-8-14-21(22)16-19-10-4-2-5-11-19/h2-15H,16-18,29H2,1H3,(H,30,34,36). The molecule has 0 fully saturated rings. The molecule has 0 aliphatic rings. The number of hydrogen-bond donors (Lipinski definition) is 2. The number of hydrogen-bond acceptors (Lipinski definition) is 6. The number of benzene rings is 3. The summed E-state index contributed by atoms with van der Waals surface area (Å²) in [6.45, 7) is -0.518. The molecule has 0 atom stereocenters. The van der Waals surface area contributed by atoms with E-state index in [1.54, 1.807) is 24.3 Å². The summed E-state index contributed by atoms with van der Waals surface area (Å²) in [6, 6.07) is 25.7. The SMILES string of the molecule is CN(C(=O)COC(=O)c1ccccc1Cc1ccccc1)c1c(N)n(Cc2ccccc2)c(=O)[nH]c1=O. The predicted octanol–water partition coefficient (Wildman–Crippen LogP) is 2.58. The van der Waals surface area contributed by atoms with Gasteiger partial charge in [-0.2, -0.15) is 0 Å². The smallest absolute Gasteiger partial charge is 0.338 e. The first-order chi connectivity index (χ1) is 17.8. The largest absolute Gasteiger partial charge is 0.452 e. The Labute approximate surface area is 212 Å². The van der Waals surface area contributed by atoms with E-state index in [4.69, 9.17) is 10.5 Å². The molecule has 0 bridgehead atoms. The number of esters is 1. The number of nitrogens with zero attached hydrogens (tertiary/aromatic N) is 2. The number of likely N-dealkylation sites (N-methyl/N-ethyl adjacent to an activating group) is 1. The van der Waals surface area contributed by atoms with Gasteiger partial charge >= 0.3 is 11.7 Å². The first kappa shape index (κ1) is 25.2. The Balaban J connectivity index is 1.49. The van der Waals surface area contributed by atoms with Gasteiger partial charge in [-0.25, -0.2) is 9.59 Å². The van der Waals surface area contributed by atoms with E-state index >= 15 is 0 Å². The molecule has 0 aliphatic heterocycles. The van der Waals surface area contributed by atoms with Crippen LogP contribution in [0.25, 0.3) is 0 Å². The average molecular weight is 499 g/mol. The third kappa shape index (κ3) is 5.84. The second-order valence-electron chi connectivity index (χ2n) is 8.41. The van der Waals surface area contributed by atoms with Crippen molar-refractivity contribution in [3.63, 3.8) is 0 Å². The van der Waals surface area contributed by atoms with Gasteiger partial charge in [-0.05, 0) is 29.2 Å². The van der Waals surface area contributed by atoms with Gasteiger partial charge in [0, 0.05) is 7.05 Å². The Kier molecular flexibility index (Phi) is 7.63. The van der Waals surface area contributed by atoms with Crippen LogP contribution >= 0.6 is 0 Å². The van der Waals surface area contributed by atoms with Crippen LogP contribution < -0.4 is 21.9 Å². The van der Waals surface area contributed by atoms with Crippen LogP contribution in [0.5, 0.6) is 0 Å². The van der Waals surface area contributed by atoms with E-state index < -0.39 is 29.7 Å². The van der Waals surface area contributed by atoms with Gasteiger partial charge in [0.25, 0.3) is 11.5 Å². The number of rotatable bonds is 8. The lowest BCUT2D eigenvalue weighted by molar-refractivity contribution is -0.121. The maximum Gasteiger partial charge on any atom is 0.338 e. The minimum absolute atomic E-state index is 0.102. The van der Waals surface area contributed by atoms with Gasteiger partial charge in [-0.3, -0.25) is 19.1 Å². The number of H-pyrrole nitrogens is 1. The molecule has 3 aromatic carbocycles. The third-order valence-electron chi connectivity index (χ3n) is 5.91. The quantitative estimate of drug-likeness (QED) is 0.360. The molecule has 4 aromatic rings. The maximum atomic E-state index is 12.9. The molecule has 37 heavy (non-hydrogen) atoms. The van der Waals surface area contributed by atoms with Crippen molar-refractivity contribution >= 4 is 23.4 Å². The van der Waals surface area contributed by atoms with Crippen molar-refractivity contribution < 1.29 is 14.3 Å². The lowest BCUT2D eigenvalue weighted by Crippen LogP contribution is -2.40. The second kappa shape index (κ2) is 11.2. The van der Waals surface area contributed by atoms with Crippen molar-refractivity contribution in [3.05, 3.63) is 128 Å². The molecule has 9 nitrogen and oxygen atoms in total. The molecule has 0 aliphatic carbocycles. The van der Waals surface area contributed by atoms with Crippen LogP contribution in [0.1, 0.15) is 27.0 Å². The van der Waals surface area contributed by atoms with E-state index in [0.29, 0.717) is 12.0 Å². The zero-order valence-electron chi connectivity index (χ0n) is 20.2. The first-order valence-electron chi connectivity index (χ1n) is 11.6. The van der Waals surface area contributed by atoms with Crippen molar-refractivity contribution in [2.24, 2.45) is 0 Å². The minimum Gasteiger partial charge on any atom is -0.452 e. The molecule has 9 heteroatoms. The summed E-state index contributed by atoms with van der Waals surface area (Å²) >= 11 is 0. The number of anilines is 2. The molecular formula is C28H26N4O5. The highest BCUT2D eigenvalue weighted by Gasteiger charge is 2.23. The van der Waals surface area contributed by atoms with Crippen molar-refractivity contribution in [2.45, 2.75) is 13.0 Å². The fourth-order valence-electron chi connectivity index (χ4n) is 3.94. The highest BCUT2D eigenvalue weighted by atomic mass is 16.5. The number of aromatic nitrogens is 2. The lowest BCUT2D eigenvalue weighted by Gasteiger charge is -2.20. The predicted molar refractivity (Wildman–Crippen MR) is 141 cm³/mol. The Morgan fingerprint density at radius 1 is 0.892 bits per heavy atom. The van der Waals surface area contributed by atoms with E-state index in [0.717, 1.165) is 21.6 Å². The van der Waals surface area contributed by atoms with E-state index in [9.17, 15) is 19.2 Å². The fraction of sp³-hybridized carbons (Fsp3) is 0.143. The van der Waals surface area contributed by atoms with Gasteiger partial charge < -0.3 is 15.4 Å². The van der Waals surface area contributed by atoms with Crippen LogP contribution in [0.2, 0.25) is 0 Å². The number of carbonyl (C=O) groups excluding carboxylic acids is 2. The molecule has 0 saturated carbocycles. The molecule has 1 heterocycles. The zero-order valence-corrected chi connectivity index (χ0v) is 20.2. The molecule has 1 amide bonds. The first-order valence-corrected chi connectivity index (χ1v) is 11.6. The Morgan fingerprint density at radius 3 is 2.16 bits per heavy atom. The van der Waals surface area contributed by atoms with Crippen LogP contribution in [0.4, 0.5) is 11.5 Å². The lowest BCUT2D eigenvalue weighted by atomic mass is 10.00. The number of carbonyl (C=O) groups is 2. The number of aromatic amines is 1. The van der Waals surface area contributed by atoms with E-state index in [1.807, 2.05) is 60.7 Å².